The Morgan fingerprint density at radius 2 is 1.76 bits per heavy atom. The second-order valence-electron chi connectivity index (χ2n) is 8.25. The Kier molecular flexibility index (Phi) is 8.79. The average molecular weight is 467 g/mol. The van der Waals surface area contributed by atoms with Gasteiger partial charge in [0.25, 0.3) is 5.91 Å². The summed E-state index contributed by atoms with van der Waals surface area (Å²) in [7, 11) is 0. The molecule has 0 unspecified atom stereocenters. The molecule has 8 heteroatoms. The van der Waals surface area contributed by atoms with Crippen LogP contribution >= 0.6 is 0 Å². The van der Waals surface area contributed by atoms with E-state index in [1.807, 2.05) is 44.2 Å². The zero-order valence-corrected chi connectivity index (χ0v) is 19.5. The molecule has 1 saturated heterocycles. The van der Waals surface area contributed by atoms with Crippen LogP contribution in [0.3, 0.4) is 0 Å². The number of hydrogen-bond donors (Lipinski definition) is 1. The van der Waals surface area contributed by atoms with Gasteiger partial charge in [-0.3, -0.25) is 14.4 Å². The Morgan fingerprint density at radius 3 is 2.44 bits per heavy atom. The Bertz CT molecular complexity index is 1010. The Hall–Kier alpha value is -3.68. The molecule has 1 aliphatic heterocycles. The molecule has 180 valence electrons. The van der Waals surface area contributed by atoms with Crippen LogP contribution in [0.25, 0.3) is 0 Å². The van der Waals surface area contributed by atoms with Crippen LogP contribution in [0.15, 0.2) is 54.6 Å². The van der Waals surface area contributed by atoms with E-state index < -0.39 is 30.4 Å². The monoisotopic (exact) mass is 466 g/mol. The number of anilines is 1. The molecule has 0 saturated carbocycles. The first-order valence-corrected chi connectivity index (χ1v) is 11.5. The summed E-state index contributed by atoms with van der Waals surface area (Å²) < 4.78 is 10.3. The van der Waals surface area contributed by atoms with Gasteiger partial charge in [0.15, 0.2) is 6.61 Å². The van der Waals surface area contributed by atoms with E-state index in [4.69, 9.17) is 9.47 Å². The topological polar surface area (TPSA) is 102 Å². The van der Waals surface area contributed by atoms with Gasteiger partial charge in [0, 0.05) is 18.7 Å². The molecule has 0 bridgehead atoms. The molecule has 1 fully saturated rings. The molecular weight excluding hydrogens is 436 g/mol. The standard InChI is InChI=1S/C26H30N2O6/c1-3-4-14-33-25(31)20-10-12-22(13-11-20)28-16-21(15-24(28)30)26(32)34-17-23(29)27-18(2)19-8-6-5-7-9-19/h5-13,18,21H,3-4,14-17H2,1-2H3,(H,27,29)/t18-,21+/m0/s1. The van der Waals surface area contributed by atoms with Gasteiger partial charge in [-0.15, -0.1) is 0 Å². The molecular formula is C26H30N2O6. The second kappa shape index (κ2) is 12.0. The van der Waals surface area contributed by atoms with Crippen LogP contribution in [0, 0.1) is 5.92 Å². The first-order chi connectivity index (χ1) is 16.4. The number of hydrogen-bond acceptors (Lipinski definition) is 6. The summed E-state index contributed by atoms with van der Waals surface area (Å²) in [6, 6.07) is 15.7. The van der Waals surface area contributed by atoms with E-state index in [1.165, 1.54) is 4.90 Å². The molecule has 1 heterocycles. The molecule has 2 amide bonds. The van der Waals surface area contributed by atoms with Crippen molar-refractivity contribution >= 4 is 29.4 Å². The molecule has 34 heavy (non-hydrogen) atoms. The number of benzene rings is 2. The van der Waals surface area contributed by atoms with Crippen LogP contribution < -0.4 is 10.2 Å². The molecule has 2 aromatic carbocycles. The van der Waals surface area contributed by atoms with Crippen molar-refractivity contribution in [2.75, 3.05) is 24.7 Å². The maximum absolute atomic E-state index is 12.5. The van der Waals surface area contributed by atoms with Crippen molar-refractivity contribution in [1.29, 1.82) is 0 Å². The summed E-state index contributed by atoms with van der Waals surface area (Å²) in [6.45, 7) is 3.98. The van der Waals surface area contributed by atoms with Crippen molar-refractivity contribution in [3.05, 3.63) is 65.7 Å². The highest BCUT2D eigenvalue weighted by Gasteiger charge is 2.36. The van der Waals surface area contributed by atoms with E-state index in [2.05, 4.69) is 5.32 Å². The van der Waals surface area contributed by atoms with Gasteiger partial charge in [0.1, 0.15) is 0 Å². The smallest absolute Gasteiger partial charge is 0.338 e. The van der Waals surface area contributed by atoms with Crippen LogP contribution in [-0.2, 0) is 23.9 Å². The number of nitrogens with zero attached hydrogens (tertiary/aromatic N) is 1. The fourth-order valence-corrected chi connectivity index (χ4v) is 3.65. The number of amides is 2. The van der Waals surface area contributed by atoms with Crippen molar-refractivity contribution in [3.8, 4) is 0 Å². The summed E-state index contributed by atoms with van der Waals surface area (Å²) >= 11 is 0. The summed E-state index contributed by atoms with van der Waals surface area (Å²) in [5.74, 6) is -2.29. The number of nitrogens with one attached hydrogen (secondary N) is 1. The van der Waals surface area contributed by atoms with Crippen LogP contribution in [-0.4, -0.2) is 43.5 Å². The lowest BCUT2D eigenvalue weighted by atomic mass is 10.1. The second-order valence-corrected chi connectivity index (χ2v) is 8.25. The fraction of sp³-hybridized carbons (Fsp3) is 0.385. The van der Waals surface area contributed by atoms with Gasteiger partial charge >= 0.3 is 11.9 Å². The molecule has 2 atom stereocenters. The Morgan fingerprint density at radius 1 is 1.06 bits per heavy atom. The maximum Gasteiger partial charge on any atom is 0.338 e. The molecule has 0 radical (unpaired) electrons. The third-order valence-corrected chi connectivity index (χ3v) is 5.63. The third kappa shape index (κ3) is 6.66. The zero-order chi connectivity index (χ0) is 24.5. The van der Waals surface area contributed by atoms with E-state index in [0.717, 1.165) is 18.4 Å². The van der Waals surface area contributed by atoms with E-state index in [0.29, 0.717) is 17.9 Å². The van der Waals surface area contributed by atoms with Crippen molar-refractivity contribution in [2.24, 2.45) is 5.92 Å². The minimum absolute atomic E-state index is 0.00167. The summed E-state index contributed by atoms with van der Waals surface area (Å²) in [5.41, 5.74) is 1.93. The van der Waals surface area contributed by atoms with Gasteiger partial charge in [-0.1, -0.05) is 43.7 Å². The lowest BCUT2D eigenvalue weighted by molar-refractivity contribution is -0.152. The van der Waals surface area contributed by atoms with Crippen molar-refractivity contribution in [1.82, 2.24) is 5.32 Å². The molecule has 2 aromatic rings. The number of rotatable bonds is 10. The van der Waals surface area contributed by atoms with Gasteiger partial charge in [0.05, 0.1) is 24.1 Å². The molecule has 1 N–H and O–H groups in total. The number of carbonyl (C=O) groups is 4. The Labute approximate surface area is 199 Å². The van der Waals surface area contributed by atoms with E-state index in [1.54, 1.807) is 24.3 Å². The van der Waals surface area contributed by atoms with Gasteiger partial charge in [-0.05, 0) is 43.2 Å². The fourth-order valence-electron chi connectivity index (χ4n) is 3.65. The Balaban J connectivity index is 1.48. The number of esters is 2. The van der Waals surface area contributed by atoms with Crippen molar-refractivity contribution in [3.63, 3.8) is 0 Å². The van der Waals surface area contributed by atoms with Crippen molar-refractivity contribution in [2.45, 2.75) is 39.2 Å². The predicted octanol–water partition coefficient (Wildman–Crippen LogP) is 3.42. The minimum atomic E-state index is -0.662. The SMILES string of the molecule is CCCCOC(=O)c1ccc(N2C[C@H](C(=O)OCC(=O)N[C@@H](C)c3ccccc3)CC2=O)cc1. The van der Waals surface area contributed by atoms with Crippen molar-refractivity contribution < 1.29 is 28.7 Å². The first kappa shape index (κ1) is 25.0. The van der Waals surface area contributed by atoms with Crippen LogP contribution in [0.4, 0.5) is 5.69 Å². The molecule has 0 aliphatic carbocycles. The van der Waals surface area contributed by atoms with Gasteiger partial charge in [-0.25, -0.2) is 4.79 Å². The first-order valence-electron chi connectivity index (χ1n) is 11.5. The zero-order valence-electron chi connectivity index (χ0n) is 19.5. The molecule has 0 spiro atoms. The normalized spacial score (nSPS) is 16.1. The number of ether oxygens (including phenoxy) is 2. The molecule has 3 rings (SSSR count). The molecule has 0 aromatic heterocycles. The van der Waals surface area contributed by atoms with Gasteiger partial charge in [-0.2, -0.15) is 0 Å². The quantitative estimate of drug-likeness (QED) is 0.425. The lowest BCUT2D eigenvalue weighted by Crippen LogP contribution is -2.32. The van der Waals surface area contributed by atoms with Crippen LogP contribution in [0.5, 0.6) is 0 Å². The van der Waals surface area contributed by atoms with E-state index in [-0.39, 0.29) is 24.9 Å². The van der Waals surface area contributed by atoms with Crippen LogP contribution in [0.2, 0.25) is 0 Å². The van der Waals surface area contributed by atoms with Gasteiger partial charge < -0.3 is 19.7 Å². The largest absolute Gasteiger partial charge is 0.462 e. The summed E-state index contributed by atoms with van der Waals surface area (Å²) in [6.07, 6.45) is 1.74. The lowest BCUT2D eigenvalue weighted by Gasteiger charge is -2.17. The van der Waals surface area contributed by atoms with Crippen LogP contribution in [0.1, 0.15) is 55.1 Å². The molecule has 1 aliphatic rings. The average Bonchev–Trinajstić information content (AvgIpc) is 3.25. The third-order valence-electron chi connectivity index (χ3n) is 5.63. The van der Waals surface area contributed by atoms with Gasteiger partial charge in [0.2, 0.25) is 5.91 Å². The number of unbranched alkanes of at least 4 members (excludes halogenated alkanes) is 1. The summed E-state index contributed by atoms with van der Waals surface area (Å²) in [4.78, 5) is 50.6. The number of carbonyl (C=O) groups excluding carboxylic acids is 4. The highest BCUT2D eigenvalue weighted by atomic mass is 16.5. The predicted molar refractivity (Wildman–Crippen MR) is 126 cm³/mol. The highest BCUT2D eigenvalue weighted by molar-refractivity contribution is 6.00. The maximum atomic E-state index is 12.5. The van der Waals surface area contributed by atoms with E-state index >= 15 is 0 Å². The summed E-state index contributed by atoms with van der Waals surface area (Å²) in [5, 5.41) is 2.78. The molecule has 8 nitrogen and oxygen atoms in total. The minimum Gasteiger partial charge on any atom is -0.462 e. The highest BCUT2D eigenvalue weighted by Crippen LogP contribution is 2.26. The van der Waals surface area contributed by atoms with E-state index in [9.17, 15) is 19.2 Å².